The van der Waals surface area contributed by atoms with Gasteiger partial charge in [0.15, 0.2) is 0 Å². The van der Waals surface area contributed by atoms with Crippen LogP contribution in [0.4, 0.5) is 0 Å². The molecule has 0 amide bonds. The molecule has 0 aromatic rings. The lowest BCUT2D eigenvalue weighted by Crippen LogP contribution is -2.45. The Bertz CT molecular complexity index is 118. The van der Waals surface area contributed by atoms with Crippen LogP contribution in [0.5, 0.6) is 0 Å². The minimum atomic E-state index is -1.00. The first kappa shape index (κ1) is 13.1. The van der Waals surface area contributed by atoms with Gasteiger partial charge < -0.3 is 10.0 Å². The van der Waals surface area contributed by atoms with Crippen molar-refractivity contribution in [2.24, 2.45) is 0 Å². The van der Waals surface area contributed by atoms with Crippen LogP contribution in [0.15, 0.2) is 0 Å². The second-order valence-corrected chi connectivity index (χ2v) is 9.46. The maximum atomic E-state index is 8.83. The van der Waals surface area contributed by atoms with Crippen LogP contribution in [0.3, 0.4) is 0 Å². The van der Waals surface area contributed by atoms with Gasteiger partial charge in [-0.2, -0.15) is 0 Å². The van der Waals surface area contributed by atoms with Crippen molar-refractivity contribution in [1.29, 1.82) is 0 Å². The molecule has 0 rings (SSSR count). The Labute approximate surface area is 84.0 Å². The fourth-order valence-corrected chi connectivity index (χ4v) is 5.38. The number of likely N-dealkylation sites (N-methyl/N-ethyl adjacent to an activating group) is 1. The van der Waals surface area contributed by atoms with Crippen molar-refractivity contribution < 1.29 is 5.11 Å². The molecule has 0 aliphatic rings. The number of hydrogen-bond acceptors (Lipinski definition) is 2. The van der Waals surface area contributed by atoms with Crippen LogP contribution in [0.25, 0.3) is 0 Å². The molecule has 0 heterocycles. The van der Waals surface area contributed by atoms with Gasteiger partial charge in [-0.05, 0) is 13.2 Å². The minimum absolute atomic E-state index is 0.290. The molecule has 1 N–H and O–H groups in total. The Kier molecular flexibility index (Phi) is 6.64. The molecule has 0 saturated heterocycles. The average molecular weight is 203 g/mol. The number of aliphatic hydroxyl groups excluding tert-OH is 1. The van der Waals surface area contributed by atoms with E-state index in [1.54, 1.807) is 0 Å². The number of hydrogen-bond donors (Lipinski definition) is 1. The first-order valence-electron chi connectivity index (χ1n) is 5.43. The third kappa shape index (κ3) is 4.25. The van der Waals surface area contributed by atoms with Gasteiger partial charge in [0.05, 0.1) is 14.7 Å². The highest BCUT2D eigenvalue weighted by atomic mass is 28.3. The Morgan fingerprint density at radius 2 is 1.54 bits per heavy atom. The maximum absolute atomic E-state index is 8.83. The van der Waals surface area contributed by atoms with Crippen LogP contribution in [-0.2, 0) is 0 Å². The Morgan fingerprint density at radius 1 is 1.08 bits per heavy atom. The van der Waals surface area contributed by atoms with E-state index in [-0.39, 0.29) is 6.61 Å². The number of rotatable bonds is 7. The zero-order chi connectivity index (χ0) is 10.3. The van der Waals surface area contributed by atoms with Crippen LogP contribution < -0.4 is 0 Å². The molecular weight excluding hydrogens is 178 g/mol. The first-order chi connectivity index (χ1) is 6.14. The molecule has 0 atom stereocenters. The van der Waals surface area contributed by atoms with Gasteiger partial charge in [0.1, 0.15) is 0 Å². The van der Waals surface area contributed by atoms with Gasteiger partial charge in [-0.15, -0.1) is 0 Å². The van der Waals surface area contributed by atoms with Crippen molar-refractivity contribution in [2.45, 2.75) is 38.9 Å². The van der Waals surface area contributed by atoms with Gasteiger partial charge in [-0.3, -0.25) is 0 Å². The average Bonchev–Trinajstić information content (AvgIpc) is 2.15. The van der Waals surface area contributed by atoms with Crippen LogP contribution in [-0.4, -0.2) is 44.4 Å². The van der Waals surface area contributed by atoms with Crippen LogP contribution in [0.1, 0.15) is 20.8 Å². The number of nitrogens with zero attached hydrogens (tertiary/aromatic N) is 1. The standard InChI is InChI=1S/C10H25NOSi/c1-5-13(6-2,7-3)10-11(4)8-9-12/h12H,5-10H2,1-4H3. The predicted molar refractivity (Wildman–Crippen MR) is 61.8 cm³/mol. The van der Waals surface area contributed by atoms with Gasteiger partial charge in [0.25, 0.3) is 0 Å². The Morgan fingerprint density at radius 3 is 1.85 bits per heavy atom. The summed E-state index contributed by atoms with van der Waals surface area (Å²) >= 11 is 0. The van der Waals surface area contributed by atoms with Crippen molar-refractivity contribution in [2.75, 3.05) is 26.4 Å². The smallest absolute Gasteiger partial charge is 0.0682 e. The summed E-state index contributed by atoms with van der Waals surface area (Å²) in [4.78, 5) is 2.29. The fraction of sp³-hybridized carbons (Fsp3) is 1.00. The van der Waals surface area contributed by atoms with E-state index >= 15 is 0 Å². The van der Waals surface area contributed by atoms with Crippen molar-refractivity contribution in [3.63, 3.8) is 0 Å². The van der Waals surface area contributed by atoms with E-state index in [0.29, 0.717) is 0 Å². The SMILES string of the molecule is CC[Si](CC)(CC)CN(C)CCO. The van der Waals surface area contributed by atoms with E-state index in [0.717, 1.165) is 6.54 Å². The first-order valence-corrected chi connectivity index (χ1v) is 8.26. The second kappa shape index (κ2) is 6.57. The molecule has 80 valence electrons. The largest absolute Gasteiger partial charge is 0.395 e. The molecule has 0 saturated carbocycles. The highest BCUT2D eigenvalue weighted by Crippen LogP contribution is 2.20. The second-order valence-electron chi connectivity index (χ2n) is 4.02. The molecule has 3 heteroatoms. The lowest BCUT2D eigenvalue weighted by molar-refractivity contribution is 0.235. The molecule has 0 aromatic heterocycles. The third-order valence-corrected chi connectivity index (χ3v) is 9.05. The van der Waals surface area contributed by atoms with E-state index in [2.05, 4.69) is 32.7 Å². The van der Waals surface area contributed by atoms with E-state index in [1.165, 1.54) is 24.3 Å². The molecule has 0 aromatic carbocycles. The van der Waals surface area contributed by atoms with Crippen molar-refractivity contribution in [1.82, 2.24) is 4.90 Å². The van der Waals surface area contributed by atoms with Gasteiger partial charge in [0.2, 0.25) is 0 Å². The summed E-state index contributed by atoms with van der Waals surface area (Å²) in [7, 11) is 1.12. The van der Waals surface area contributed by atoms with Crippen LogP contribution >= 0.6 is 0 Å². The monoisotopic (exact) mass is 203 g/mol. The molecule has 0 aliphatic carbocycles. The van der Waals surface area contributed by atoms with Crippen molar-refractivity contribution >= 4 is 8.07 Å². The molecule has 2 nitrogen and oxygen atoms in total. The summed E-state index contributed by atoms with van der Waals surface area (Å²) in [5, 5.41) is 8.83. The molecule has 0 spiro atoms. The summed E-state index contributed by atoms with van der Waals surface area (Å²) in [5.41, 5.74) is 0. The van der Waals surface area contributed by atoms with E-state index in [9.17, 15) is 0 Å². The molecular formula is C10H25NOSi. The van der Waals surface area contributed by atoms with Gasteiger partial charge >= 0.3 is 0 Å². The van der Waals surface area contributed by atoms with Crippen molar-refractivity contribution in [3.05, 3.63) is 0 Å². The zero-order valence-electron chi connectivity index (χ0n) is 9.64. The lowest BCUT2D eigenvalue weighted by atomic mass is 10.6. The quantitative estimate of drug-likeness (QED) is 0.639. The summed E-state index contributed by atoms with van der Waals surface area (Å²) in [5.74, 6) is 0. The fourth-order valence-electron chi connectivity index (χ4n) is 1.91. The molecule has 0 unspecified atom stereocenters. The molecule has 0 radical (unpaired) electrons. The summed E-state index contributed by atoms with van der Waals surface area (Å²) < 4.78 is 0. The molecule has 0 aliphatic heterocycles. The summed E-state index contributed by atoms with van der Waals surface area (Å²) in [6.07, 6.45) is 1.25. The highest BCUT2D eigenvalue weighted by Gasteiger charge is 2.27. The van der Waals surface area contributed by atoms with Gasteiger partial charge in [-0.25, -0.2) is 0 Å². The lowest BCUT2D eigenvalue weighted by Gasteiger charge is -2.32. The van der Waals surface area contributed by atoms with E-state index in [1.807, 2.05) is 0 Å². The van der Waals surface area contributed by atoms with Crippen molar-refractivity contribution in [3.8, 4) is 0 Å². The Hall–Kier alpha value is 0.137. The van der Waals surface area contributed by atoms with Gasteiger partial charge in [0, 0.05) is 6.54 Å². The van der Waals surface area contributed by atoms with Crippen LogP contribution in [0, 0.1) is 0 Å². The molecule has 0 fully saturated rings. The molecule has 0 bridgehead atoms. The molecule has 13 heavy (non-hydrogen) atoms. The third-order valence-electron chi connectivity index (χ3n) is 3.34. The Balaban J connectivity index is 4.07. The minimum Gasteiger partial charge on any atom is -0.395 e. The maximum Gasteiger partial charge on any atom is 0.0682 e. The zero-order valence-corrected chi connectivity index (χ0v) is 10.6. The van der Waals surface area contributed by atoms with E-state index < -0.39 is 8.07 Å². The summed E-state index contributed by atoms with van der Waals surface area (Å²) in [6, 6.07) is 4.11. The van der Waals surface area contributed by atoms with Crippen LogP contribution in [0.2, 0.25) is 18.1 Å². The normalized spacial score (nSPS) is 12.5. The number of aliphatic hydroxyl groups is 1. The predicted octanol–water partition coefficient (Wildman–Crippen LogP) is 1.96. The topological polar surface area (TPSA) is 23.5 Å². The summed E-state index contributed by atoms with van der Waals surface area (Å²) in [6.45, 7) is 8.09. The highest BCUT2D eigenvalue weighted by molar-refractivity contribution is 6.79. The van der Waals surface area contributed by atoms with E-state index in [4.69, 9.17) is 5.11 Å². The van der Waals surface area contributed by atoms with Gasteiger partial charge in [-0.1, -0.05) is 38.9 Å².